The Morgan fingerprint density at radius 2 is 1.55 bits per heavy atom. The number of anilines is 1. The molecule has 1 aromatic heterocycles. The zero-order valence-electron chi connectivity index (χ0n) is 15.1. The van der Waals surface area contributed by atoms with E-state index in [1.807, 2.05) is 54.6 Å². The average molecular weight is 439 g/mol. The number of thiocarbonyl (C=S) groups is 1. The van der Waals surface area contributed by atoms with Crippen molar-refractivity contribution in [3.63, 3.8) is 0 Å². The van der Waals surface area contributed by atoms with Gasteiger partial charge >= 0.3 is 0 Å². The van der Waals surface area contributed by atoms with Crippen molar-refractivity contribution in [2.75, 3.05) is 5.32 Å². The standard InChI is InChI=1S/C22H16Cl2N4S/c23-15-7-5-14(6-8-15)21-19(18-3-1-2-4-20(18)27-21)13-25-28-22(29)26-17-11-9-16(24)10-12-17/h1-13,27H,(H2,26,28,29)/b25-13-. The lowest BCUT2D eigenvalue weighted by atomic mass is 10.1. The Bertz CT molecular complexity index is 1180. The van der Waals surface area contributed by atoms with E-state index in [0.717, 1.165) is 33.4 Å². The number of benzene rings is 3. The van der Waals surface area contributed by atoms with Crippen molar-refractivity contribution < 1.29 is 0 Å². The number of halogens is 2. The van der Waals surface area contributed by atoms with E-state index in [-0.39, 0.29) is 0 Å². The van der Waals surface area contributed by atoms with Crippen molar-refractivity contribution in [2.24, 2.45) is 5.10 Å². The van der Waals surface area contributed by atoms with Crippen LogP contribution in [-0.4, -0.2) is 16.3 Å². The summed E-state index contributed by atoms with van der Waals surface area (Å²) in [5.74, 6) is 0. The third-order valence-corrected chi connectivity index (χ3v) is 5.04. The fourth-order valence-corrected chi connectivity index (χ4v) is 3.41. The molecule has 0 radical (unpaired) electrons. The van der Waals surface area contributed by atoms with Crippen LogP contribution in [0.3, 0.4) is 0 Å². The first-order chi connectivity index (χ1) is 14.1. The third-order valence-electron chi connectivity index (χ3n) is 4.34. The predicted octanol–water partition coefficient (Wildman–Crippen LogP) is 6.46. The molecule has 0 bridgehead atoms. The summed E-state index contributed by atoms with van der Waals surface area (Å²) in [5.41, 5.74) is 7.66. The van der Waals surface area contributed by atoms with Crippen LogP contribution in [0.2, 0.25) is 10.0 Å². The van der Waals surface area contributed by atoms with Crippen molar-refractivity contribution in [3.05, 3.63) is 88.4 Å². The van der Waals surface area contributed by atoms with Gasteiger partial charge in [-0.25, -0.2) is 0 Å². The van der Waals surface area contributed by atoms with Gasteiger partial charge in [-0.05, 0) is 60.2 Å². The van der Waals surface area contributed by atoms with E-state index < -0.39 is 0 Å². The Morgan fingerprint density at radius 1 is 0.897 bits per heavy atom. The lowest BCUT2D eigenvalue weighted by Crippen LogP contribution is -2.23. The Hall–Kier alpha value is -2.86. The van der Waals surface area contributed by atoms with Gasteiger partial charge in [-0.2, -0.15) is 5.10 Å². The number of hydrogen-bond acceptors (Lipinski definition) is 2. The minimum absolute atomic E-state index is 0.386. The molecular formula is C22H16Cl2N4S. The summed E-state index contributed by atoms with van der Waals surface area (Å²) < 4.78 is 0. The van der Waals surface area contributed by atoms with Gasteiger partial charge in [0, 0.05) is 32.2 Å². The topological polar surface area (TPSA) is 52.2 Å². The molecule has 0 aliphatic rings. The van der Waals surface area contributed by atoms with Crippen LogP contribution in [0, 0.1) is 0 Å². The molecule has 3 N–H and O–H groups in total. The van der Waals surface area contributed by atoms with Crippen molar-refractivity contribution >= 4 is 63.3 Å². The van der Waals surface area contributed by atoms with Gasteiger partial charge < -0.3 is 10.3 Å². The monoisotopic (exact) mass is 438 g/mol. The van der Waals surface area contributed by atoms with Gasteiger partial charge in [0.2, 0.25) is 0 Å². The number of aromatic nitrogens is 1. The predicted molar refractivity (Wildman–Crippen MR) is 127 cm³/mol. The molecule has 0 saturated heterocycles. The number of nitrogens with zero attached hydrogens (tertiary/aromatic N) is 1. The third kappa shape index (κ3) is 4.59. The highest BCUT2D eigenvalue weighted by molar-refractivity contribution is 7.80. The van der Waals surface area contributed by atoms with Gasteiger partial charge in [0.1, 0.15) is 0 Å². The number of rotatable bonds is 4. The molecule has 4 aromatic rings. The fourth-order valence-electron chi connectivity index (χ4n) is 2.99. The van der Waals surface area contributed by atoms with Gasteiger partial charge in [0.15, 0.2) is 5.11 Å². The second kappa shape index (κ2) is 8.66. The van der Waals surface area contributed by atoms with Crippen LogP contribution in [0.25, 0.3) is 22.2 Å². The average Bonchev–Trinajstić information content (AvgIpc) is 3.09. The van der Waals surface area contributed by atoms with Gasteiger partial charge in [0.05, 0.1) is 11.9 Å². The smallest absolute Gasteiger partial charge is 0.191 e. The summed E-state index contributed by atoms with van der Waals surface area (Å²) in [5, 5.41) is 10.2. The van der Waals surface area contributed by atoms with Crippen LogP contribution in [0.1, 0.15) is 5.56 Å². The number of nitrogens with one attached hydrogen (secondary N) is 3. The van der Waals surface area contributed by atoms with E-state index in [0.29, 0.717) is 15.2 Å². The van der Waals surface area contributed by atoms with E-state index in [1.165, 1.54) is 0 Å². The van der Waals surface area contributed by atoms with Crippen molar-refractivity contribution in [2.45, 2.75) is 0 Å². The molecule has 3 aromatic carbocycles. The number of H-pyrrole nitrogens is 1. The van der Waals surface area contributed by atoms with Gasteiger partial charge in [-0.1, -0.05) is 53.5 Å². The molecule has 0 unspecified atom stereocenters. The van der Waals surface area contributed by atoms with Crippen LogP contribution in [0.15, 0.2) is 77.9 Å². The lowest BCUT2D eigenvalue weighted by Gasteiger charge is -2.07. The molecule has 29 heavy (non-hydrogen) atoms. The highest BCUT2D eigenvalue weighted by Gasteiger charge is 2.11. The number of hydrogen-bond donors (Lipinski definition) is 3. The maximum atomic E-state index is 6.04. The second-order valence-corrected chi connectivity index (χ2v) is 7.58. The van der Waals surface area contributed by atoms with E-state index in [9.17, 15) is 0 Å². The van der Waals surface area contributed by atoms with Gasteiger partial charge in [0.25, 0.3) is 0 Å². The first-order valence-electron chi connectivity index (χ1n) is 8.82. The Balaban J connectivity index is 1.57. The molecular weight excluding hydrogens is 423 g/mol. The molecule has 0 fully saturated rings. The molecule has 0 saturated carbocycles. The number of hydrazone groups is 1. The first-order valence-corrected chi connectivity index (χ1v) is 9.99. The maximum Gasteiger partial charge on any atom is 0.191 e. The summed E-state index contributed by atoms with van der Waals surface area (Å²) in [6.07, 6.45) is 1.76. The number of fused-ring (bicyclic) bond motifs is 1. The van der Waals surface area contributed by atoms with Crippen molar-refractivity contribution in [3.8, 4) is 11.3 Å². The highest BCUT2D eigenvalue weighted by Crippen LogP contribution is 2.29. The highest BCUT2D eigenvalue weighted by atomic mass is 35.5. The van der Waals surface area contributed by atoms with Gasteiger partial charge in [-0.3, -0.25) is 5.43 Å². The fraction of sp³-hybridized carbons (Fsp3) is 0. The largest absolute Gasteiger partial charge is 0.354 e. The van der Waals surface area contributed by atoms with Crippen LogP contribution >= 0.6 is 35.4 Å². The van der Waals surface area contributed by atoms with Gasteiger partial charge in [-0.15, -0.1) is 0 Å². The van der Waals surface area contributed by atoms with Crippen LogP contribution in [-0.2, 0) is 0 Å². The molecule has 1 heterocycles. The van der Waals surface area contributed by atoms with E-state index >= 15 is 0 Å². The SMILES string of the molecule is S=C(N/N=C\c1c(-c2ccc(Cl)cc2)[nH]c2ccccc12)Nc1ccc(Cl)cc1. The number of aromatic amines is 1. The molecule has 0 aliphatic heterocycles. The lowest BCUT2D eigenvalue weighted by molar-refractivity contribution is 1.05. The summed E-state index contributed by atoms with van der Waals surface area (Å²) in [7, 11) is 0. The summed E-state index contributed by atoms with van der Waals surface area (Å²) >= 11 is 17.2. The normalized spacial score (nSPS) is 11.1. The minimum atomic E-state index is 0.386. The first kappa shape index (κ1) is 19.5. The summed E-state index contributed by atoms with van der Waals surface area (Å²) in [6, 6.07) is 23.0. The Morgan fingerprint density at radius 3 is 2.28 bits per heavy atom. The summed E-state index contributed by atoms with van der Waals surface area (Å²) in [6.45, 7) is 0. The summed E-state index contributed by atoms with van der Waals surface area (Å²) in [4.78, 5) is 3.46. The quantitative estimate of drug-likeness (QED) is 0.194. The molecule has 4 rings (SSSR count). The molecule has 0 spiro atoms. The van der Waals surface area contributed by atoms with E-state index in [2.05, 4.69) is 26.9 Å². The minimum Gasteiger partial charge on any atom is -0.354 e. The molecule has 0 amide bonds. The van der Waals surface area contributed by atoms with Crippen molar-refractivity contribution in [1.29, 1.82) is 0 Å². The molecule has 144 valence electrons. The Kier molecular flexibility index (Phi) is 5.81. The van der Waals surface area contributed by atoms with Crippen LogP contribution < -0.4 is 10.7 Å². The maximum absolute atomic E-state index is 6.04. The van der Waals surface area contributed by atoms with E-state index in [4.69, 9.17) is 35.4 Å². The zero-order valence-corrected chi connectivity index (χ0v) is 17.4. The van der Waals surface area contributed by atoms with Crippen LogP contribution in [0.5, 0.6) is 0 Å². The van der Waals surface area contributed by atoms with Crippen LogP contribution in [0.4, 0.5) is 5.69 Å². The molecule has 0 aliphatic carbocycles. The Labute approximate surface area is 183 Å². The molecule has 7 heteroatoms. The molecule has 0 atom stereocenters. The number of para-hydroxylation sites is 1. The second-order valence-electron chi connectivity index (χ2n) is 6.30. The van der Waals surface area contributed by atoms with Crippen molar-refractivity contribution in [1.82, 2.24) is 10.4 Å². The molecule has 4 nitrogen and oxygen atoms in total. The zero-order chi connectivity index (χ0) is 20.2. The van der Waals surface area contributed by atoms with E-state index in [1.54, 1.807) is 18.3 Å².